The van der Waals surface area contributed by atoms with Gasteiger partial charge in [0.1, 0.15) is 11.3 Å². The summed E-state index contributed by atoms with van der Waals surface area (Å²) in [6.07, 6.45) is 1.34. The van der Waals surface area contributed by atoms with Crippen molar-refractivity contribution in [1.29, 1.82) is 0 Å². The number of nitrogens with one attached hydrogen (secondary N) is 2. The molecule has 5 heteroatoms. The number of aryl methyl sites for hydroxylation is 1. The number of ketones is 1. The zero-order valence-electron chi connectivity index (χ0n) is 8.59. The molecule has 0 atom stereocenters. The molecule has 0 aliphatic heterocycles. The first-order valence-electron chi connectivity index (χ1n) is 4.47. The smallest absolute Gasteiger partial charge is 0.257 e. The van der Waals surface area contributed by atoms with Gasteiger partial charge in [-0.25, -0.2) is 0 Å². The summed E-state index contributed by atoms with van der Waals surface area (Å²) in [5.74, 6) is -0.696. The van der Waals surface area contributed by atoms with E-state index in [2.05, 4.69) is 10.3 Å². The number of pyridine rings is 1. The standard InChI is InChI=1S/C10H12N2O3/c1-6-3-9(14)8(5-11-6)10(15)12-4-7(2)13/h3,5H,4H2,1-2H3,(H,11,14)(H,12,15). The maximum atomic E-state index is 11.4. The topological polar surface area (TPSA) is 79.0 Å². The molecule has 0 aliphatic carbocycles. The molecule has 0 unspecified atom stereocenters. The molecule has 1 aromatic heterocycles. The fraction of sp³-hybridized carbons (Fsp3) is 0.300. The molecule has 1 aromatic rings. The summed E-state index contributed by atoms with van der Waals surface area (Å²) in [5, 5.41) is 2.35. The average Bonchev–Trinajstić information content (AvgIpc) is 2.14. The first-order valence-corrected chi connectivity index (χ1v) is 4.47. The van der Waals surface area contributed by atoms with Crippen LogP contribution in [0.3, 0.4) is 0 Å². The van der Waals surface area contributed by atoms with E-state index in [-0.39, 0.29) is 23.3 Å². The number of Topliss-reactive ketones (excluding diaryl/α,β-unsaturated/α-hetero) is 1. The molecule has 1 rings (SSSR count). The normalized spacial score (nSPS) is 9.73. The lowest BCUT2D eigenvalue weighted by Gasteiger charge is -2.02. The van der Waals surface area contributed by atoms with Crippen LogP contribution in [0.4, 0.5) is 0 Å². The van der Waals surface area contributed by atoms with Gasteiger partial charge in [0, 0.05) is 18.0 Å². The minimum atomic E-state index is -0.536. The third-order valence-corrected chi connectivity index (χ3v) is 1.80. The highest BCUT2D eigenvalue weighted by molar-refractivity contribution is 5.96. The second kappa shape index (κ2) is 4.54. The Kier molecular flexibility index (Phi) is 3.38. The van der Waals surface area contributed by atoms with Crippen LogP contribution >= 0.6 is 0 Å². The van der Waals surface area contributed by atoms with Gasteiger partial charge < -0.3 is 10.3 Å². The molecule has 0 fully saturated rings. The monoisotopic (exact) mass is 208 g/mol. The predicted molar refractivity (Wildman–Crippen MR) is 54.8 cm³/mol. The van der Waals surface area contributed by atoms with Crippen LogP contribution in [0.25, 0.3) is 0 Å². The van der Waals surface area contributed by atoms with Crippen molar-refractivity contribution >= 4 is 11.7 Å². The van der Waals surface area contributed by atoms with E-state index >= 15 is 0 Å². The highest BCUT2D eigenvalue weighted by atomic mass is 16.2. The Balaban J connectivity index is 2.83. The van der Waals surface area contributed by atoms with Crippen LogP contribution in [0, 0.1) is 6.92 Å². The fourth-order valence-corrected chi connectivity index (χ4v) is 1.05. The van der Waals surface area contributed by atoms with Gasteiger partial charge in [0.25, 0.3) is 5.91 Å². The molecular formula is C10H12N2O3. The Bertz CT molecular complexity index is 448. The Hall–Kier alpha value is -1.91. The molecule has 0 saturated heterocycles. The first kappa shape index (κ1) is 11.2. The number of carbonyl (C=O) groups excluding carboxylic acids is 2. The SMILES string of the molecule is CC(=O)CNC(=O)c1c[nH]c(C)cc1=O. The van der Waals surface area contributed by atoms with E-state index in [0.717, 1.165) is 0 Å². The molecule has 1 amide bonds. The minimum absolute atomic E-state index is 0.0156. The number of amides is 1. The van der Waals surface area contributed by atoms with E-state index in [1.807, 2.05) is 0 Å². The quantitative estimate of drug-likeness (QED) is 0.734. The molecule has 0 spiro atoms. The number of hydrogen-bond donors (Lipinski definition) is 2. The molecular weight excluding hydrogens is 196 g/mol. The minimum Gasteiger partial charge on any atom is -0.364 e. The van der Waals surface area contributed by atoms with E-state index in [9.17, 15) is 14.4 Å². The van der Waals surface area contributed by atoms with Crippen molar-refractivity contribution in [3.05, 3.63) is 33.7 Å². The van der Waals surface area contributed by atoms with Crippen LogP contribution in [0.2, 0.25) is 0 Å². The lowest BCUT2D eigenvalue weighted by atomic mass is 10.2. The molecule has 0 aliphatic rings. The zero-order valence-corrected chi connectivity index (χ0v) is 8.59. The van der Waals surface area contributed by atoms with Gasteiger partial charge in [0.2, 0.25) is 0 Å². The van der Waals surface area contributed by atoms with Crippen molar-refractivity contribution in [3.63, 3.8) is 0 Å². The fourth-order valence-electron chi connectivity index (χ4n) is 1.05. The summed E-state index contributed by atoms with van der Waals surface area (Å²) in [7, 11) is 0. The Morgan fingerprint density at radius 1 is 1.47 bits per heavy atom. The second-order valence-electron chi connectivity index (χ2n) is 3.28. The summed E-state index contributed by atoms with van der Waals surface area (Å²) in [6, 6.07) is 1.34. The molecule has 5 nitrogen and oxygen atoms in total. The molecule has 15 heavy (non-hydrogen) atoms. The Labute approximate surface area is 86.5 Å². The number of rotatable bonds is 3. The van der Waals surface area contributed by atoms with Gasteiger partial charge in [-0.2, -0.15) is 0 Å². The lowest BCUT2D eigenvalue weighted by Crippen LogP contribution is -2.32. The third kappa shape index (κ3) is 3.05. The number of H-pyrrole nitrogens is 1. The van der Waals surface area contributed by atoms with Gasteiger partial charge >= 0.3 is 0 Å². The number of aromatic amines is 1. The molecule has 2 N–H and O–H groups in total. The molecule has 0 saturated carbocycles. The van der Waals surface area contributed by atoms with Crippen LogP contribution in [0.5, 0.6) is 0 Å². The van der Waals surface area contributed by atoms with Gasteiger partial charge in [-0.1, -0.05) is 0 Å². The molecule has 0 aromatic carbocycles. The molecule has 1 heterocycles. The van der Waals surface area contributed by atoms with Crippen LogP contribution < -0.4 is 10.7 Å². The van der Waals surface area contributed by atoms with Crippen molar-refractivity contribution in [2.75, 3.05) is 6.54 Å². The van der Waals surface area contributed by atoms with Crippen molar-refractivity contribution in [2.24, 2.45) is 0 Å². The Morgan fingerprint density at radius 3 is 2.67 bits per heavy atom. The van der Waals surface area contributed by atoms with Crippen LogP contribution in [-0.4, -0.2) is 23.2 Å². The molecule has 0 bridgehead atoms. The number of aromatic nitrogens is 1. The zero-order chi connectivity index (χ0) is 11.4. The van der Waals surface area contributed by atoms with Gasteiger partial charge in [-0.15, -0.1) is 0 Å². The van der Waals surface area contributed by atoms with Crippen molar-refractivity contribution in [3.8, 4) is 0 Å². The van der Waals surface area contributed by atoms with E-state index in [4.69, 9.17) is 0 Å². The summed E-state index contributed by atoms with van der Waals surface area (Å²) in [5.41, 5.74) is 0.345. The summed E-state index contributed by atoms with van der Waals surface area (Å²) in [4.78, 5) is 36.1. The summed E-state index contributed by atoms with van der Waals surface area (Å²) < 4.78 is 0. The number of carbonyl (C=O) groups is 2. The maximum absolute atomic E-state index is 11.4. The summed E-state index contributed by atoms with van der Waals surface area (Å²) in [6.45, 7) is 3.02. The van der Waals surface area contributed by atoms with Crippen LogP contribution in [0.15, 0.2) is 17.1 Å². The van der Waals surface area contributed by atoms with Gasteiger partial charge in [0.05, 0.1) is 6.54 Å². The van der Waals surface area contributed by atoms with Crippen molar-refractivity contribution in [2.45, 2.75) is 13.8 Å². The van der Waals surface area contributed by atoms with E-state index < -0.39 is 5.91 Å². The number of hydrogen-bond acceptors (Lipinski definition) is 3. The van der Waals surface area contributed by atoms with E-state index in [1.54, 1.807) is 6.92 Å². The predicted octanol–water partition coefficient (Wildman–Crippen LogP) is 0.00212. The lowest BCUT2D eigenvalue weighted by molar-refractivity contribution is -0.116. The third-order valence-electron chi connectivity index (χ3n) is 1.80. The molecule has 0 radical (unpaired) electrons. The molecule has 80 valence electrons. The summed E-state index contributed by atoms with van der Waals surface area (Å²) >= 11 is 0. The van der Waals surface area contributed by atoms with E-state index in [1.165, 1.54) is 19.2 Å². The average molecular weight is 208 g/mol. The van der Waals surface area contributed by atoms with Crippen LogP contribution in [0.1, 0.15) is 23.0 Å². The van der Waals surface area contributed by atoms with E-state index in [0.29, 0.717) is 5.69 Å². The maximum Gasteiger partial charge on any atom is 0.257 e. The Morgan fingerprint density at radius 2 is 2.13 bits per heavy atom. The van der Waals surface area contributed by atoms with Crippen LogP contribution in [-0.2, 0) is 4.79 Å². The largest absolute Gasteiger partial charge is 0.364 e. The van der Waals surface area contributed by atoms with Gasteiger partial charge in [-0.3, -0.25) is 14.4 Å². The first-order chi connectivity index (χ1) is 7.00. The second-order valence-corrected chi connectivity index (χ2v) is 3.28. The van der Waals surface area contributed by atoms with Gasteiger partial charge in [-0.05, 0) is 13.8 Å². The van der Waals surface area contributed by atoms with Crippen molar-refractivity contribution in [1.82, 2.24) is 10.3 Å². The highest BCUT2D eigenvalue weighted by Gasteiger charge is 2.09. The van der Waals surface area contributed by atoms with Gasteiger partial charge in [0.15, 0.2) is 5.43 Å². The van der Waals surface area contributed by atoms with Crippen molar-refractivity contribution < 1.29 is 9.59 Å². The highest BCUT2D eigenvalue weighted by Crippen LogP contribution is 1.91.